The SMILES string of the molecule is Cc1ccc(CC(=O)c2ccc(NS(C)(=O)=O)cc2)cc1. The molecule has 0 saturated carbocycles. The number of benzene rings is 2. The highest BCUT2D eigenvalue weighted by molar-refractivity contribution is 7.92. The molecule has 0 bridgehead atoms. The van der Waals surface area contributed by atoms with Crippen molar-refractivity contribution in [2.45, 2.75) is 13.3 Å². The van der Waals surface area contributed by atoms with Crippen LogP contribution in [0.2, 0.25) is 0 Å². The molecule has 0 fully saturated rings. The number of sulfonamides is 1. The molecule has 0 aliphatic carbocycles. The summed E-state index contributed by atoms with van der Waals surface area (Å²) in [5, 5.41) is 0. The Kier molecular flexibility index (Phi) is 4.43. The first kappa shape index (κ1) is 15.3. The zero-order chi connectivity index (χ0) is 15.5. The second-order valence-corrected chi connectivity index (χ2v) is 6.79. The lowest BCUT2D eigenvalue weighted by atomic mass is 10.0. The van der Waals surface area contributed by atoms with Crippen molar-refractivity contribution in [3.8, 4) is 0 Å². The van der Waals surface area contributed by atoms with Gasteiger partial charge in [0.1, 0.15) is 0 Å². The number of Topliss-reactive ketones (excluding diaryl/α,β-unsaturated/α-hetero) is 1. The fraction of sp³-hybridized carbons (Fsp3) is 0.188. The van der Waals surface area contributed by atoms with Gasteiger partial charge < -0.3 is 0 Å². The Hall–Kier alpha value is -2.14. The molecule has 0 saturated heterocycles. The molecule has 0 aliphatic rings. The lowest BCUT2D eigenvalue weighted by Gasteiger charge is -2.05. The minimum Gasteiger partial charge on any atom is -0.294 e. The zero-order valence-electron chi connectivity index (χ0n) is 12.0. The molecule has 110 valence electrons. The smallest absolute Gasteiger partial charge is 0.229 e. The molecule has 0 radical (unpaired) electrons. The van der Waals surface area contributed by atoms with Gasteiger partial charge in [-0.2, -0.15) is 0 Å². The van der Waals surface area contributed by atoms with E-state index in [9.17, 15) is 13.2 Å². The van der Waals surface area contributed by atoms with Crippen molar-refractivity contribution in [3.05, 3.63) is 65.2 Å². The summed E-state index contributed by atoms with van der Waals surface area (Å²) in [6.45, 7) is 2.00. The number of carbonyl (C=O) groups excluding carboxylic acids is 1. The fourth-order valence-corrected chi connectivity index (χ4v) is 2.50. The molecule has 0 aliphatic heterocycles. The van der Waals surface area contributed by atoms with E-state index in [0.29, 0.717) is 17.7 Å². The first-order valence-corrected chi connectivity index (χ1v) is 8.39. The molecule has 2 rings (SSSR count). The summed E-state index contributed by atoms with van der Waals surface area (Å²) in [5.74, 6) is 0.00441. The number of ketones is 1. The average molecular weight is 303 g/mol. The van der Waals surface area contributed by atoms with Crippen LogP contribution in [0.25, 0.3) is 0 Å². The van der Waals surface area contributed by atoms with E-state index in [0.717, 1.165) is 17.4 Å². The van der Waals surface area contributed by atoms with Crippen molar-refractivity contribution in [1.82, 2.24) is 0 Å². The number of rotatable bonds is 5. The Labute approximate surface area is 124 Å². The van der Waals surface area contributed by atoms with Gasteiger partial charge in [-0.05, 0) is 36.8 Å². The van der Waals surface area contributed by atoms with Crippen LogP contribution in [0.15, 0.2) is 48.5 Å². The van der Waals surface area contributed by atoms with Crippen LogP contribution in [0.3, 0.4) is 0 Å². The van der Waals surface area contributed by atoms with Crippen molar-refractivity contribution in [3.63, 3.8) is 0 Å². The monoisotopic (exact) mass is 303 g/mol. The molecule has 2 aromatic rings. The molecule has 5 heteroatoms. The van der Waals surface area contributed by atoms with Gasteiger partial charge in [-0.15, -0.1) is 0 Å². The van der Waals surface area contributed by atoms with Gasteiger partial charge in [0.2, 0.25) is 10.0 Å². The van der Waals surface area contributed by atoms with E-state index in [1.54, 1.807) is 24.3 Å². The highest BCUT2D eigenvalue weighted by atomic mass is 32.2. The maximum absolute atomic E-state index is 12.2. The minimum atomic E-state index is -3.30. The van der Waals surface area contributed by atoms with Gasteiger partial charge >= 0.3 is 0 Å². The number of aryl methyl sites for hydroxylation is 1. The number of hydrogen-bond acceptors (Lipinski definition) is 3. The van der Waals surface area contributed by atoms with Crippen LogP contribution >= 0.6 is 0 Å². The summed E-state index contributed by atoms with van der Waals surface area (Å²) in [5.41, 5.74) is 3.13. The predicted octanol–water partition coefficient (Wildman–Crippen LogP) is 2.79. The topological polar surface area (TPSA) is 63.2 Å². The van der Waals surface area contributed by atoms with Gasteiger partial charge in [-0.1, -0.05) is 29.8 Å². The summed E-state index contributed by atoms with van der Waals surface area (Å²) in [7, 11) is -3.30. The Morgan fingerprint density at radius 3 is 2.10 bits per heavy atom. The number of nitrogens with one attached hydrogen (secondary N) is 1. The summed E-state index contributed by atoms with van der Waals surface area (Å²) in [6.07, 6.45) is 1.42. The Balaban J connectivity index is 2.08. The van der Waals surface area contributed by atoms with Gasteiger partial charge in [0.15, 0.2) is 5.78 Å². The van der Waals surface area contributed by atoms with Gasteiger partial charge in [-0.3, -0.25) is 9.52 Å². The summed E-state index contributed by atoms with van der Waals surface area (Å²) in [4.78, 5) is 12.2. The van der Waals surface area contributed by atoms with Crippen LogP contribution in [0.5, 0.6) is 0 Å². The molecule has 0 spiro atoms. The second-order valence-electron chi connectivity index (χ2n) is 5.04. The molecule has 1 N–H and O–H groups in total. The van der Waals surface area contributed by atoms with Crippen LogP contribution in [0, 0.1) is 6.92 Å². The number of hydrogen-bond donors (Lipinski definition) is 1. The Morgan fingerprint density at radius 2 is 1.57 bits per heavy atom. The quantitative estimate of drug-likeness (QED) is 0.864. The largest absolute Gasteiger partial charge is 0.294 e. The first-order valence-electron chi connectivity index (χ1n) is 6.50. The maximum atomic E-state index is 12.2. The third-order valence-corrected chi connectivity index (χ3v) is 3.60. The normalized spacial score (nSPS) is 11.1. The third kappa shape index (κ3) is 4.72. The number of carbonyl (C=O) groups is 1. The molecule has 0 heterocycles. The molecular formula is C16H17NO3S. The van der Waals surface area contributed by atoms with Crippen molar-refractivity contribution < 1.29 is 13.2 Å². The van der Waals surface area contributed by atoms with Crippen LogP contribution < -0.4 is 4.72 Å². The van der Waals surface area contributed by atoms with Crippen LogP contribution in [-0.2, 0) is 16.4 Å². The van der Waals surface area contributed by atoms with E-state index in [1.165, 1.54) is 0 Å². The van der Waals surface area contributed by atoms with Gasteiger partial charge in [0.05, 0.1) is 6.26 Å². The lowest BCUT2D eigenvalue weighted by Crippen LogP contribution is -2.10. The van der Waals surface area contributed by atoms with E-state index in [1.807, 2.05) is 31.2 Å². The lowest BCUT2D eigenvalue weighted by molar-refractivity contribution is 0.0993. The standard InChI is InChI=1S/C16H17NO3S/c1-12-3-5-13(6-4-12)11-16(18)14-7-9-15(10-8-14)17-21(2,19)20/h3-10,17H,11H2,1-2H3. The molecule has 0 amide bonds. The fourth-order valence-electron chi connectivity index (χ4n) is 1.93. The van der Waals surface area contributed by atoms with Gasteiger partial charge in [0.25, 0.3) is 0 Å². The maximum Gasteiger partial charge on any atom is 0.229 e. The van der Waals surface area contributed by atoms with E-state index >= 15 is 0 Å². The first-order chi connectivity index (χ1) is 9.83. The highest BCUT2D eigenvalue weighted by Crippen LogP contribution is 2.13. The summed E-state index contributed by atoms with van der Waals surface area (Å²) in [6, 6.07) is 14.3. The predicted molar refractivity (Wildman–Crippen MR) is 84.1 cm³/mol. The van der Waals surface area contributed by atoms with Crippen molar-refractivity contribution in [2.24, 2.45) is 0 Å². The zero-order valence-corrected chi connectivity index (χ0v) is 12.8. The van der Waals surface area contributed by atoms with E-state index in [2.05, 4.69) is 4.72 Å². The highest BCUT2D eigenvalue weighted by Gasteiger charge is 2.08. The molecule has 0 aromatic heterocycles. The van der Waals surface area contributed by atoms with E-state index < -0.39 is 10.0 Å². The van der Waals surface area contributed by atoms with Crippen LogP contribution in [0.4, 0.5) is 5.69 Å². The molecule has 4 nitrogen and oxygen atoms in total. The van der Waals surface area contributed by atoms with Crippen LogP contribution in [-0.4, -0.2) is 20.5 Å². The summed E-state index contributed by atoms with van der Waals surface area (Å²) >= 11 is 0. The minimum absolute atomic E-state index is 0.00441. The second kappa shape index (κ2) is 6.10. The van der Waals surface area contributed by atoms with E-state index in [-0.39, 0.29) is 5.78 Å². The Bertz CT molecular complexity index is 732. The third-order valence-electron chi connectivity index (χ3n) is 3.00. The van der Waals surface area contributed by atoms with Gasteiger partial charge in [-0.25, -0.2) is 8.42 Å². The summed E-state index contributed by atoms with van der Waals surface area (Å²) < 4.78 is 24.6. The van der Waals surface area contributed by atoms with Crippen LogP contribution in [0.1, 0.15) is 21.5 Å². The molecular weight excluding hydrogens is 286 g/mol. The van der Waals surface area contributed by atoms with Crippen molar-refractivity contribution in [1.29, 1.82) is 0 Å². The van der Waals surface area contributed by atoms with Gasteiger partial charge in [0, 0.05) is 17.7 Å². The molecule has 0 unspecified atom stereocenters. The van der Waals surface area contributed by atoms with Crippen molar-refractivity contribution >= 4 is 21.5 Å². The molecule has 0 atom stereocenters. The molecule has 21 heavy (non-hydrogen) atoms. The number of anilines is 1. The molecule has 2 aromatic carbocycles. The average Bonchev–Trinajstić information content (AvgIpc) is 2.40. The van der Waals surface area contributed by atoms with E-state index in [4.69, 9.17) is 0 Å². The Morgan fingerprint density at radius 1 is 1.00 bits per heavy atom. The van der Waals surface area contributed by atoms with Crippen molar-refractivity contribution in [2.75, 3.05) is 11.0 Å².